The summed E-state index contributed by atoms with van der Waals surface area (Å²) in [5, 5.41) is 0. The molecule has 80 valence electrons. The van der Waals surface area contributed by atoms with Crippen molar-refractivity contribution in [3.05, 3.63) is 0 Å². The minimum atomic E-state index is 0.467. The Labute approximate surface area is 86.8 Å². The van der Waals surface area contributed by atoms with Gasteiger partial charge in [0.05, 0.1) is 0 Å². The van der Waals surface area contributed by atoms with Crippen molar-refractivity contribution in [2.24, 2.45) is 11.1 Å². The molecule has 0 radical (unpaired) electrons. The molecule has 2 atom stereocenters. The molecule has 2 aliphatic carbocycles. The zero-order valence-corrected chi connectivity index (χ0v) is 9.04. The Morgan fingerprint density at radius 2 is 1.86 bits per heavy atom. The molecule has 2 saturated carbocycles. The molecule has 1 heterocycles. The van der Waals surface area contributed by atoms with Gasteiger partial charge in [-0.1, -0.05) is 12.8 Å². The number of nitrogens with two attached hydrogens (primary N) is 1. The SMILES string of the molecule is NC1CCN(C2CCC23CCCC3)C1. The fourth-order valence-electron chi connectivity index (χ4n) is 4.01. The van der Waals surface area contributed by atoms with Gasteiger partial charge in [0.25, 0.3) is 0 Å². The molecular formula is C12H22N2. The van der Waals surface area contributed by atoms with Gasteiger partial charge in [-0.15, -0.1) is 0 Å². The molecule has 1 saturated heterocycles. The van der Waals surface area contributed by atoms with E-state index in [0.717, 1.165) is 11.5 Å². The van der Waals surface area contributed by atoms with E-state index in [-0.39, 0.29) is 0 Å². The second-order valence-corrected chi connectivity index (χ2v) is 5.67. The molecule has 3 rings (SSSR count). The van der Waals surface area contributed by atoms with Crippen LogP contribution in [0.25, 0.3) is 0 Å². The van der Waals surface area contributed by atoms with Crippen LogP contribution >= 0.6 is 0 Å². The van der Waals surface area contributed by atoms with Crippen LogP contribution in [0.3, 0.4) is 0 Å². The monoisotopic (exact) mass is 194 g/mol. The normalized spacial score (nSPS) is 41.8. The third kappa shape index (κ3) is 1.24. The third-order valence-electron chi connectivity index (χ3n) is 4.92. The maximum atomic E-state index is 5.99. The van der Waals surface area contributed by atoms with E-state index in [9.17, 15) is 0 Å². The maximum Gasteiger partial charge on any atom is 0.0180 e. The lowest BCUT2D eigenvalue weighted by Gasteiger charge is -2.52. The number of hydrogen-bond acceptors (Lipinski definition) is 2. The van der Waals surface area contributed by atoms with Gasteiger partial charge in [-0.25, -0.2) is 0 Å². The summed E-state index contributed by atoms with van der Waals surface area (Å²) in [5.41, 5.74) is 6.74. The Balaban J connectivity index is 1.68. The first-order valence-electron chi connectivity index (χ1n) is 6.30. The van der Waals surface area contributed by atoms with Crippen molar-refractivity contribution in [1.29, 1.82) is 0 Å². The number of rotatable bonds is 1. The summed E-state index contributed by atoms with van der Waals surface area (Å²) in [5.74, 6) is 0. The van der Waals surface area contributed by atoms with Gasteiger partial charge in [0.15, 0.2) is 0 Å². The van der Waals surface area contributed by atoms with E-state index < -0.39 is 0 Å². The predicted molar refractivity (Wildman–Crippen MR) is 58.1 cm³/mol. The summed E-state index contributed by atoms with van der Waals surface area (Å²) >= 11 is 0. The van der Waals surface area contributed by atoms with Crippen molar-refractivity contribution in [2.75, 3.05) is 13.1 Å². The van der Waals surface area contributed by atoms with Crippen LogP contribution in [-0.2, 0) is 0 Å². The van der Waals surface area contributed by atoms with Gasteiger partial charge < -0.3 is 5.73 Å². The highest BCUT2D eigenvalue weighted by atomic mass is 15.2. The Bertz CT molecular complexity index is 220. The van der Waals surface area contributed by atoms with Crippen LogP contribution < -0.4 is 5.73 Å². The second-order valence-electron chi connectivity index (χ2n) is 5.67. The topological polar surface area (TPSA) is 29.3 Å². The van der Waals surface area contributed by atoms with Gasteiger partial charge in [-0.05, 0) is 37.5 Å². The van der Waals surface area contributed by atoms with E-state index >= 15 is 0 Å². The van der Waals surface area contributed by atoms with E-state index in [1.54, 1.807) is 0 Å². The first-order valence-corrected chi connectivity index (χ1v) is 6.30. The minimum Gasteiger partial charge on any atom is -0.326 e. The Hall–Kier alpha value is -0.0800. The molecule has 1 aliphatic heterocycles. The van der Waals surface area contributed by atoms with Crippen molar-refractivity contribution >= 4 is 0 Å². The maximum absolute atomic E-state index is 5.99. The highest BCUT2D eigenvalue weighted by molar-refractivity contribution is 5.05. The van der Waals surface area contributed by atoms with E-state index in [0.29, 0.717) is 6.04 Å². The van der Waals surface area contributed by atoms with Crippen LogP contribution in [-0.4, -0.2) is 30.1 Å². The first-order chi connectivity index (χ1) is 6.80. The van der Waals surface area contributed by atoms with Gasteiger partial charge >= 0.3 is 0 Å². The third-order valence-corrected chi connectivity index (χ3v) is 4.92. The molecule has 2 heteroatoms. The van der Waals surface area contributed by atoms with Crippen molar-refractivity contribution in [1.82, 2.24) is 4.90 Å². The van der Waals surface area contributed by atoms with Crippen LogP contribution in [0.4, 0.5) is 0 Å². The quantitative estimate of drug-likeness (QED) is 0.689. The van der Waals surface area contributed by atoms with Crippen LogP contribution in [0.2, 0.25) is 0 Å². The van der Waals surface area contributed by atoms with Gasteiger partial charge in [-0.2, -0.15) is 0 Å². The molecule has 2 unspecified atom stereocenters. The number of nitrogens with zero attached hydrogens (tertiary/aromatic N) is 1. The first kappa shape index (κ1) is 9.17. The average molecular weight is 194 g/mol. The lowest BCUT2D eigenvalue weighted by molar-refractivity contribution is -0.0107. The standard InChI is InChI=1S/C12H22N2/c13-10-4-8-14(9-10)11-3-7-12(11)5-1-2-6-12/h10-11H,1-9,13H2. The zero-order valence-electron chi connectivity index (χ0n) is 9.04. The Morgan fingerprint density at radius 3 is 2.36 bits per heavy atom. The van der Waals surface area contributed by atoms with Crippen molar-refractivity contribution < 1.29 is 0 Å². The van der Waals surface area contributed by atoms with Crippen LogP contribution in [0, 0.1) is 5.41 Å². The summed E-state index contributed by atoms with van der Waals surface area (Å²) in [6, 6.07) is 1.38. The molecule has 3 aliphatic rings. The Morgan fingerprint density at radius 1 is 1.07 bits per heavy atom. The molecule has 1 spiro atoms. The number of hydrogen-bond donors (Lipinski definition) is 1. The van der Waals surface area contributed by atoms with Gasteiger partial charge in [0, 0.05) is 25.2 Å². The molecule has 0 aromatic heterocycles. The summed E-state index contributed by atoms with van der Waals surface area (Å²) in [6.07, 6.45) is 10.2. The molecule has 0 bridgehead atoms. The largest absolute Gasteiger partial charge is 0.326 e. The average Bonchev–Trinajstić information content (AvgIpc) is 2.73. The van der Waals surface area contributed by atoms with Crippen LogP contribution in [0.15, 0.2) is 0 Å². The van der Waals surface area contributed by atoms with Crippen molar-refractivity contribution in [3.8, 4) is 0 Å². The van der Waals surface area contributed by atoms with Gasteiger partial charge in [-0.3, -0.25) is 4.90 Å². The minimum absolute atomic E-state index is 0.467. The van der Waals surface area contributed by atoms with E-state index in [4.69, 9.17) is 5.73 Å². The van der Waals surface area contributed by atoms with Crippen LogP contribution in [0.5, 0.6) is 0 Å². The molecule has 0 aromatic carbocycles. The molecule has 3 fully saturated rings. The molecule has 14 heavy (non-hydrogen) atoms. The molecular weight excluding hydrogens is 172 g/mol. The summed E-state index contributed by atoms with van der Waals surface area (Å²) in [7, 11) is 0. The molecule has 2 N–H and O–H groups in total. The predicted octanol–water partition coefficient (Wildman–Crippen LogP) is 1.74. The number of likely N-dealkylation sites (tertiary alicyclic amines) is 1. The summed E-state index contributed by atoms with van der Waals surface area (Å²) in [4.78, 5) is 2.69. The van der Waals surface area contributed by atoms with Crippen molar-refractivity contribution in [2.45, 2.75) is 57.0 Å². The molecule has 2 nitrogen and oxygen atoms in total. The molecule has 0 amide bonds. The fraction of sp³-hybridized carbons (Fsp3) is 1.00. The van der Waals surface area contributed by atoms with E-state index in [1.165, 1.54) is 58.0 Å². The second kappa shape index (κ2) is 3.21. The molecule has 0 aromatic rings. The smallest absolute Gasteiger partial charge is 0.0180 e. The lowest BCUT2D eigenvalue weighted by Crippen LogP contribution is -2.53. The highest BCUT2D eigenvalue weighted by Crippen LogP contribution is 2.55. The van der Waals surface area contributed by atoms with E-state index in [2.05, 4.69) is 4.90 Å². The summed E-state index contributed by atoms with van der Waals surface area (Å²) in [6.45, 7) is 2.44. The lowest BCUT2D eigenvalue weighted by atomic mass is 9.62. The zero-order chi connectivity index (χ0) is 9.60. The van der Waals surface area contributed by atoms with E-state index in [1.807, 2.05) is 0 Å². The Kier molecular flexibility index (Phi) is 2.10. The highest BCUT2D eigenvalue weighted by Gasteiger charge is 2.51. The van der Waals surface area contributed by atoms with Crippen molar-refractivity contribution in [3.63, 3.8) is 0 Å². The summed E-state index contributed by atoms with van der Waals surface area (Å²) < 4.78 is 0. The fourth-order valence-corrected chi connectivity index (χ4v) is 4.01. The van der Waals surface area contributed by atoms with Crippen LogP contribution in [0.1, 0.15) is 44.9 Å². The van der Waals surface area contributed by atoms with Gasteiger partial charge in [0.2, 0.25) is 0 Å². The van der Waals surface area contributed by atoms with Gasteiger partial charge in [0.1, 0.15) is 0 Å².